The van der Waals surface area contributed by atoms with Gasteiger partial charge >= 0.3 is 6.03 Å². The molecule has 1 fully saturated rings. The summed E-state index contributed by atoms with van der Waals surface area (Å²) < 4.78 is 0. The lowest BCUT2D eigenvalue weighted by Crippen LogP contribution is -2.41. The van der Waals surface area contributed by atoms with Crippen LogP contribution in [-0.4, -0.2) is 45.7 Å². The fourth-order valence-corrected chi connectivity index (χ4v) is 2.30. The van der Waals surface area contributed by atoms with Crippen molar-refractivity contribution >= 4 is 11.7 Å². The average molecular weight is 292 g/mol. The Bertz CT molecular complexity index is 473. The van der Waals surface area contributed by atoms with E-state index in [0.29, 0.717) is 24.7 Å². The van der Waals surface area contributed by atoms with Gasteiger partial charge in [-0.1, -0.05) is 20.8 Å². The molecule has 0 bridgehead atoms. The van der Waals surface area contributed by atoms with Gasteiger partial charge < -0.3 is 15.3 Å². The van der Waals surface area contributed by atoms with Gasteiger partial charge in [-0.05, 0) is 18.8 Å². The van der Waals surface area contributed by atoms with E-state index in [2.05, 4.69) is 15.3 Å². The molecule has 0 atom stereocenters. The summed E-state index contributed by atoms with van der Waals surface area (Å²) in [5, 5.41) is 11.9. The molecule has 0 unspecified atom stereocenters. The van der Waals surface area contributed by atoms with Crippen molar-refractivity contribution in [2.75, 3.05) is 25.0 Å². The second-order valence-corrected chi connectivity index (χ2v) is 6.59. The number of hydrogen-bond acceptors (Lipinski definition) is 4. The number of amides is 2. The molecule has 6 nitrogen and oxygen atoms in total. The summed E-state index contributed by atoms with van der Waals surface area (Å²) in [6, 6.07) is -0.126. The normalized spacial score (nSPS) is 16.9. The second kappa shape index (κ2) is 6.39. The number of aliphatic hydroxyl groups is 1. The number of rotatable bonds is 2. The van der Waals surface area contributed by atoms with Gasteiger partial charge in [0.25, 0.3) is 0 Å². The molecule has 1 aliphatic heterocycles. The monoisotopic (exact) mass is 292 g/mol. The molecule has 0 radical (unpaired) electrons. The molecule has 2 rings (SSSR count). The second-order valence-electron chi connectivity index (χ2n) is 6.59. The number of carbonyl (C=O) groups is 1. The molecule has 1 aromatic rings. The maximum Gasteiger partial charge on any atom is 0.321 e. The standard InChI is InChI=1S/C15H24N4O2/c1-15(2,3)13-16-8-12(9-17-13)18-14(21)19-6-4-11(10-20)5-7-19/h8-9,11,20H,4-7,10H2,1-3H3,(H,18,21). The summed E-state index contributed by atoms with van der Waals surface area (Å²) in [5.41, 5.74) is 0.506. The number of carbonyl (C=O) groups excluding carboxylic acids is 1. The topological polar surface area (TPSA) is 78.4 Å². The van der Waals surface area contributed by atoms with Crippen molar-refractivity contribution in [3.05, 3.63) is 18.2 Å². The molecule has 1 saturated heterocycles. The third-order valence-electron chi connectivity index (χ3n) is 3.73. The van der Waals surface area contributed by atoms with E-state index in [0.717, 1.165) is 18.7 Å². The first-order chi connectivity index (χ1) is 9.90. The lowest BCUT2D eigenvalue weighted by atomic mass is 9.96. The Kier molecular flexibility index (Phi) is 4.77. The van der Waals surface area contributed by atoms with Gasteiger partial charge in [0, 0.05) is 25.1 Å². The van der Waals surface area contributed by atoms with Gasteiger partial charge in [-0.3, -0.25) is 0 Å². The van der Waals surface area contributed by atoms with Crippen molar-refractivity contribution in [1.29, 1.82) is 0 Å². The fraction of sp³-hybridized carbons (Fsp3) is 0.667. The summed E-state index contributed by atoms with van der Waals surface area (Å²) in [6.45, 7) is 7.71. The number of piperidine rings is 1. The van der Waals surface area contributed by atoms with Crippen LogP contribution in [-0.2, 0) is 5.41 Å². The molecule has 2 amide bonds. The van der Waals surface area contributed by atoms with E-state index in [9.17, 15) is 4.79 Å². The maximum absolute atomic E-state index is 12.1. The molecule has 6 heteroatoms. The zero-order chi connectivity index (χ0) is 15.5. The Balaban J connectivity index is 1.91. The molecule has 21 heavy (non-hydrogen) atoms. The van der Waals surface area contributed by atoms with Crippen LogP contribution < -0.4 is 5.32 Å². The molecule has 2 N–H and O–H groups in total. The van der Waals surface area contributed by atoms with Crippen LogP contribution in [0.4, 0.5) is 10.5 Å². The first-order valence-electron chi connectivity index (χ1n) is 7.39. The number of likely N-dealkylation sites (tertiary alicyclic amines) is 1. The van der Waals surface area contributed by atoms with Gasteiger partial charge in [-0.2, -0.15) is 0 Å². The number of nitrogens with zero attached hydrogens (tertiary/aromatic N) is 3. The molecule has 1 aliphatic rings. The molecule has 116 valence electrons. The fourth-order valence-electron chi connectivity index (χ4n) is 2.30. The summed E-state index contributed by atoms with van der Waals surface area (Å²) in [7, 11) is 0. The third-order valence-corrected chi connectivity index (χ3v) is 3.73. The van der Waals surface area contributed by atoms with E-state index < -0.39 is 0 Å². The lowest BCUT2D eigenvalue weighted by Gasteiger charge is -2.31. The Morgan fingerprint density at radius 1 is 1.33 bits per heavy atom. The Morgan fingerprint density at radius 3 is 2.38 bits per heavy atom. The highest BCUT2D eigenvalue weighted by Crippen LogP contribution is 2.19. The Morgan fingerprint density at radius 2 is 1.90 bits per heavy atom. The highest BCUT2D eigenvalue weighted by Gasteiger charge is 2.22. The van der Waals surface area contributed by atoms with Crippen LogP contribution in [0.15, 0.2) is 12.4 Å². The molecular formula is C15H24N4O2. The van der Waals surface area contributed by atoms with Crippen LogP contribution in [0.2, 0.25) is 0 Å². The third kappa shape index (κ3) is 4.14. The molecule has 1 aromatic heterocycles. The van der Waals surface area contributed by atoms with Gasteiger partial charge in [0.05, 0.1) is 18.1 Å². The highest BCUT2D eigenvalue weighted by atomic mass is 16.3. The minimum absolute atomic E-state index is 0.102. The average Bonchev–Trinajstić information content (AvgIpc) is 2.47. The zero-order valence-corrected chi connectivity index (χ0v) is 13.0. The molecule has 0 aliphatic carbocycles. The minimum atomic E-state index is -0.126. The largest absolute Gasteiger partial charge is 0.396 e. The van der Waals surface area contributed by atoms with E-state index in [1.165, 1.54) is 0 Å². The predicted octanol–water partition coefficient (Wildman–Crippen LogP) is 2.01. The molecule has 0 saturated carbocycles. The van der Waals surface area contributed by atoms with Gasteiger partial charge in [0.1, 0.15) is 5.82 Å². The van der Waals surface area contributed by atoms with Crippen molar-refractivity contribution in [1.82, 2.24) is 14.9 Å². The SMILES string of the molecule is CC(C)(C)c1ncc(NC(=O)N2CCC(CO)CC2)cn1. The number of urea groups is 1. The van der Waals surface area contributed by atoms with Crippen molar-refractivity contribution in [3.63, 3.8) is 0 Å². The zero-order valence-electron chi connectivity index (χ0n) is 13.0. The van der Waals surface area contributed by atoms with Crippen molar-refractivity contribution in [2.45, 2.75) is 39.0 Å². The molecule has 2 heterocycles. The van der Waals surface area contributed by atoms with Crippen molar-refractivity contribution in [2.24, 2.45) is 5.92 Å². The van der Waals surface area contributed by atoms with E-state index in [1.807, 2.05) is 20.8 Å². The summed E-state index contributed by atoms with van der Waals surface area (Å²) in [5.74, 6) is 1.08. The summed E-state index contributed by atoms with van der Waals surface area (Å²) in [6.07, 6.45) is 4.99. The maximum atomic E-state index is 12.1. The van der Waals surface area contributed by atoms with E-state index >= 15 is 0 Å². The number of aromatic nitrogens is 2. The van der Waals surface area contributed by atoms with Gasteiger partial charge in [0.15, 0.2) is 0 Å². The molecule has 0 spiro atoms. The first kappa shape index (κ1) is 15.7. The Labute approximate surface area is 125 Å². The van der Waals surface area contributed by atoms with Crippen molar-refractivity contribution in [3.8, 4) is 0 Å². The summed E-state index contributed by atoms with van der Waals surface area (Å²) in [4.78, 5) is 22.5. The predicted molar refractivity (Wildman–Crippen MR) is 81.1 cm³/mol. The van der Waals surface area contributed by atoms with E-state index in [1.54, 1.807) is 17.3 Å². The number of aliphatic hydroxyl groups excluding tert-OH is 1. The lowest BCUT2D eigenvalue weighted by molar-refractivity contribution is 0.143. The van der Waals surface area contributed by atoms with Crippen molar-refractivity contribution < 1.29 is 9.90 Å². The quantitative estimate of drug-likeness (QED) is 0.874. The van der Waals surface area contributed by atoms with E-state index in [4.69, 9.17) is 5.11 Å². The molecular weight excluding hydrogens is 268 g/mol. The van der Waals surface area contributed by atoms with Crippen LogP contribution in [0.3, 0.4) is 0 Å². The summed E-state index contributed by atoms with van der Waals surface area (Å²) >= 11 is 0. The van der Waals surface area contributed by atoms with Gasteiger partial charge in [-0.25, -0.2) is 14.8 Å². The molecule has 0 aromatic carbocycles. The van der Waals surface area contributed by atoms with Crippen LogP contribution in [0.1, 0.15) is 39.4 Å². The van der Waals surface area contributed by atoms with Crippen LogP contribution >= 0.6 is 0 Å². The number of nitrogens with one attached hydrogen (secondary N) is 1. The smallest absolute Gasteiger partial charge is 0.321 e. The number of anilines is 1. The highest BCUT2D eigenvalue weighted by molar-refractivity contribution is 5.88. The minimum Gasteiger partial charge on any atom is -0.396 e. The van der Waals surface area contributed by atoms with Gasteiger partial charge in [-0.15, -0.1) is 0 Å². The van der Waals surface area contributed by atoms with Crippen LogP contribution in [0, 0.1) is 5.92 Å². The van der Waals surface area contributed by atoms with Crippen LogP contribution in [0.25, 0.3) is 0 Å². The Hall–Kier alpha value is -1.69. The number of hydrogen-bond donors (Lipinski definition) is 2. The first-order valence-corrected chi connectivity index (χ1v) is 7.39. The van der Waals surface area contributed by atoms with Crippen LogP contribution in [0.5, 0.6) is 0 Å². The van der Waals surface area contributed by atoms with E-state index in [-0.39, 0.29) is 18.1 Å². The van der Waals surface area contributed by atoms with Gasteiger partial charge in [0.2, 0.25) is 0 Å².